The maximum absolute atomic E-state index is 9.53. The summed E-state index contributed by atoms with van der Waals surface area (Å²) in [6.45, 7) is 3.16. The van der Waals surface area contributed by atoms with Gasteiger partial charge in [0.15, 0.2) is 17.3 Å². The number of methoxy groups -OCH3 is 1. The van der Waals surface area contributed by atoms with Crippen LogP contribution in [0.5, 0.6) is 11.5 Å². The fourth-order valence-corrected chi connectivity index (χ4v) is 2.69. The normalized spacial score (nSPS) is 17.1. The summed E-state index contributed by atoms with van der Waals surface area (Å²) in [4.78, 5) is 9.00. The van der Waals surface area contributed by atoms with Crippen molar-refractivity contribution in [3.63, 3.8) is 0 Å². The van der Waals surface area contributed by atoms with Crippen molar-refractivity contribution in [3.05, 3.63) is 36.2 Å². The molecule has 0 spiro atoms. The van der Waals surface area contributed by atoms with Crippen molar-refractivity contribution in [1.29, 1.82) is 0 Å². The summed E-state index contributed by atoms with van der Waals surface area (Å²) in [6.07, 6.45) is 3.21. The van der Waals surface area contributed by atoms with Crippen LogP contribution >= 0.6 is 0 Å². The molecular formula is C17H21BN2O4. The van der Waals surface area contributed by atoms with Crippen LogP contribution in [0.15, 0.2) is 30.5 Å². The molecule has 1 saturated heterocycles. The molecule has 2 heterocycles. The molecule has 0 radical (unpaired) electrons. The predicted molar refractivity (Wildman–Crippen MR) is 91.3 cm³/mol. The van der Waals surface area contributed by atoms with Crippen molar-refractivity contribution in [2.24, 2.45) is 0 Å². The molecule has 1 atom stereocenters. The Morgan fingerprint density at radius 3 is 2.92 bits per heavy atom. The largest absolute Gasteiger partial charge is 0.493 e. The molecule has 0 saturated carbocycles. The molecule has 1 N–H and O–H groups in total. The first-order chi connectivity index (χ1) is 11.7. The molecule has 7 heteroatoms. The summed E-state index contributed by atoms with van der Waals surface area (Å²) in [5, 5.41) is 9.53. The molecule has 1 unspecified atom stereocenters. The Morgan fingerprint density at radius 2 is 2.21 bits per heavy atom. The Balaban J connectivity index is 1.88. The standard InChI is InChI=1S/C17H21BN2O4/c1-3-8-23-16-9-12(4-5-15(16)22-2)17-19-7-6-14(20-17)13-10-18(21)24-11-13/h4-7,9,13,21H,3,8,10-11H2,1-2H3. The van der Waals surface area contributed by atoms with E-state index in [9.17, 15) is 5.02 Å². The molecule has 126 valence electrons. The van der Waals surface area contributed by atoms with Gasteiger partial charge in [-0.15, -0.1) is 0 Å². The van der Waals surface area contributed by atoms with E-state index < -0.39 is 7.12 Å². The lowest BCUT2D eigenvalue weighted by atomic mass is 9.81. The lowest BCUT2D eigenvalue weighted by molar-refractivity contribution is 0.291. The fraction of sp³-hybridized carbons (Fsp3) is 0.412. The number of ether oxygens (including phenoxy) is 2. The summed E-state index contributed by atoms with van der Waals surface area (Å²) in [6, 6.07) is 7.54. The molecule has 1 aliphatic rings. The molecule has 0 bridgehead atoms. The Morgan fingerprint density at radius 1 is 1.33 bits per heavy atom. The van der Waals surface area contributed by atoms with Gasteiger partial charge in [0.05, 0.1) is 13.7 Å². The molecule has 0 aliphatic carbocycles. The molecule has 0 amide bonds. The summed E-state index contributed by atoms with van der Waals surface area (Å²) >= 11 is 0. The highest BCUT2D eigenvalue weighted by atomic mass is 16.5. The molecule has 3 rings (SSSR count). The number of aromatic nitrogens is 2. The molecule has 1 aromatic carbocycles. The van der Waals surface area contributed by atoms with Gasteiger partial charge in [0.2, 0.25) is 0 Å². The maximum atomic E-state index is 9.53. The van der Waals surface area contributed by atoms with Crippen molar-refractivity contribution in [1.82, 2.24) is 9.97 Å². The van der Waals surface area contributed by atoms with E-state index in [1.807, 2.05) is 24.3 Å². The molecule has 1 fully saturated rings. The fourth-order valence-electron chi connectivity index (χ4n) is 2.69. The third-order valence-electron chi connectivity index (χ3n) is 3.95. The van der Waals surface area contributed by atoms with Crippen molar-refractivity contribution >= 4 is 7.12 Å². The Bertz CT molecular complexity index is 698. The van der Waals surface area contributed by atoms with Gasteiger partial charge in [0.25, 0.3) is 0 Å². The van der Waals surface area contributed by atoms with Gasteiger partial charge >= 0.3 is 7.12 Å². The van der Waals surface area contributed by atoms with E-state index in [0.29, 0.717) is 36.9 Å². The Hall–Kier alpha value is -2.12. The monoisotopic (exact) mass is 328 g/mol. The van der Waals surface area contributed by atoms with Crippen molar-refractivity contribution in [2.75, 3.05) is 20.3 Å². The minimum atomic E-state index is -0.705. The zero-order valence-corrected chi connectivity index (χ0v) is 13.9. The average molecular weight is 328 g/mol. The second-order valence-electron chi connectivity index (χ2n) is 5.74. The Kier molecular flexibility index (Phi) is 5.32. The van der Waals surface area contributed by atoms with Gasteiger partial charge in [-0.2, -0.15) is 0 Å². The molecule has 1 aromatic heterocycles. The third-order valence-corrected chi connectivity index (χ3v) is 3.95. The summed E-state index contributed by atoms with van der Waals surface area (Å²) < 4.78 is 16.3. The van der Waals surface area contributed by atoms with Crippen molar-refractivity contribution in [3.8, 4) is 22.9 Å². The highest BCUT2D eigenvalue weighted by molar-refractivity contribution is 6.43. The minimum absolute atomic E-state index is 0.0933. The highest BCUT2D eigenvalue weighted by Crippen LogP contribution is 2.32. The van der Waals surface area contributed by atoms with E-state index in [1.165, 1.54) is 0 Å². The molecule has 24 heavy (non-hydrogen) atoms. The molecular weight excluding hydrogens is 307 g/mol. The number of hydrogen-bond acceptors (Lipinski definition) is 6. The van der Waals surface area contributed by atoms with Crippen molar-refractivity contribution in [2.45, 2.75) is 25.6 Å². The summed E-state index contributed by atoms with van der Waals surface area (Å²) in [7, 11) is 0.916. The number of benzene rings is 1. The summed E-state index contributed by atoms with van der Waals surface area (Å²) in [5.74, 6) is 2.09. The van der Waals surface area contributed by atoms with Crippen molar-refractivity contribution < 1.29 is 19.2 Å². The number of nitrogens with zero attached hydrogens (tertiary/aromatic N) is 2. The third kappa shape index (κ3) is 3.68. The first kappa shape index (κ1) is 16.7. The van der Waals surface area contributed by atoms with E-state index in [2.05, 4.69) is 16.9 Å². The van der Waals surface area contributed by atoms with Gasteiger partial charge in [-0.25, -0.2) is 9.97 Å². The van der Waals surface area contributed by atoms with Crippen LogP contribution in [0, 0.1) is 0 Å². The molecule has 2 aromatic rings. The summed E-state index contributed by atoms with van der Waals surface area (Å²) in [5.41, 5.74) is 1.74. The lowest BCUT2D eigenvalue weighted by Crippen LogP contribution is -2.08. The topological polar surface area (TPSA) is 73.7 Å². The van der Waals surface area contributed by atoms with Gasteiger partial charge in [-0.3, -0.25) is 0 Å². The van der Waals surface area contributed by atoms with E-state index in [-0.39, 0.29) is 5.92 Å². The van der Waals surface area contributed by atoms with E-state index in [0.717, 1.165) is 17.7 Å². The van der Waals surface area contributed by atoms with Crippen LogP contribution in [0.25, 0.3) is 11.4 Å². The predicted octanol–water partition coefficient (Wildman–Crippen LogP) is 2.54. The van der Waals surface area contributed by atoms with Gasteiger partial charge in [-0.05, 0) is 37.0 Å². The maximum Gasteiger partial charge on any atom is 0.454 e. The van der Waals surface area contributed by atoms with Crippen LogP contribution in [0.2, 0.25) is 6.32 Å². The van der Waals surface area contributed by atoms with Crippen LogP contribution in [-0.2, 0) is 4.65 Å². The molecule has 1 aliphatic heterocycles. The first-order valence-electron chi connectivity index (χ1n) is 8.15. The number of hydrogen-bond donors (Lipinski definition) is 1. The Labute approximate surface area is 142 Å². The lowest BCUT2D eigenvalue weighted by Gasteiger charge is -2.12. The quantitative estimate of drug-likeness (QED) is 0.822. The average Bonchev–Trinajstić information content (AvgIpc) is 3.06. The van der Waals surface area contributed by atoms with E-state index in [4.69, 9.17) is 14.1 Å². The van der Waals surface area contributed by atoms with Crippen LogP contribution in [0.1, 0.15) is 25.0 Å². The van der Waals surface area contributed by atoms with Crippen LogP contribution in [0.3, 0.4) is 0 Å². The smallest absolute Gasteiger partial charge is 0.454 e. The van der Waals surface area contributed by atoms with Crippen LogP contribution in [0.4, 0.5) is 0 Å². The zero-order valence-electron chi connectivity index (χ0n) is 13.9. The second kappa shape index (κ2) is 7.64. The van der Waals surface area contributed by atoms with Gasteiger partial charge in [-0.1, -0.05) is 6.92 Å². The van der Waals surface area contributed by atoms with E-state index >= 15 is 0 Å². The second-order valence-corrected chi connectivity index (χ2v) is 5.74. The van der Waals surface area contributed by atoms with Gasteiger partial charge < -0.3 is 19.2 Å². The van der Waals surface area contributed by atoms with Crippen LogP contribution in [-0.4, -0.2) is 42.4 Å². The number of rotatable bonds is 6. The SMILES string of the molecule is CCCOc1cc(-c2nccc(C3COB(O)C3)n2)ccc1OC. The zero-order chi connectivity index (χ0) is 16.9. The van der Waals surface area contributed by atoms with Gasteiger partial charge in [0, 0.05) is 30.0 Å². The minimum Gasteiger partial charge on any atom is -0.493 e. The highest BCUT2D eigenvalue weighted by Gasteiger charge is 2.30. The first-order valence-corrected chi connectivity index (χ1v) is 8.15. The molecule has 6 nitrogen and oxygen atoms in total. The van der Waals surface area contributed by atoms with Gasteiger partial charge in [0.1, 0.15) is 0 Å². The van der Waals surface area contributed by atoms with Crippen LogP contribution < -0.4 is 9.47 Å². The van der Waals surface area contributed by atoms with E-state index in [1.54, 1.807) is 13.3 Å².